The number of carbonyl (C=O) groups excluding carboxylic acids is 1. The number of hydrogen-bond donors (Lipinski definition) is 1. The lowest BCUT2D eigenvalue weighted by molar-refractivity contribution is -0.116. The summed E-state index contributed by atoms with van der Waals surface area (Å²) in [5, 5.41) is 10.4. The molecule has 6 heteroatoms. The Morgan fingerprint density at radius 2 is 2.46 bits per heavy atom. The molecule has 0 aliphatic carbocycles. The predicted molar refractivity (Wildman–Crippen MR) is 47.8 cm³/mol. The van der Waals surface area contributed by atoms with E-state index >= 15 is 0 Å². The van der Waals surface area contributed by atoms with Crippen molar-refractivity contribution in [1.29, 1.82) is 0 Å². The first-order valence-electron chi connectivity index (χ1n) is 4.09. The van der Waals surface area contributed by atoms with E-state index in [1.54, 1.807) is 4.90 Å². The number of nitrogens with one attached hydrogen (secondary N) is 1. The second-order valence-electron chi connectivity index (χ2n) is 2.88. The fourth-order valence-corrected chi connectivity index (χ4v) is 1.60. The molecule has 1 amide bonds. The SMILES string of the molecule is O=C(CCl)N1CCCc2n[nH]nc21. The minimum Gasteiger partial charge on any atom is -0.293 e. The average molecular weight is 201 g/mol. The summed E-state index contributed by atoms with van der Waals surface area (Å²) in [6.45, 7) is 0.686. The Balaban J connectivity index is 2.30. The Labute approximate surface area is 80.1 Å². The van der Waals surface area contributed by atoms with Crippen LogP contribution in [0.25, 0.3) is 0 Å². The zero-order chi connectivity index (χ0) is 9.26. The highest BCUT2D eigenvalue weighted by Gasteiger charge is 2.24. The van der Waals surface area contributed by atoms with E-state index in [0.29, 0.717) is 12.4 Å². The van der Waals surface area contributed by atoms with Gasteiger partial charge in [-0.15, -0.1) is 16.7 Å². The maximum atomic E-state index is 11.3. The van der Waals surface area contributed by atoms with Crippen LogP contribution in [0.5, 0.6) is 0 Å². The molecular weight excluding hydrogens is 192 g/mol. The molecule has 1 N–H and O–H groups in total. The minimum atomic E-state index is -0.114. The van der Waals surface area contributed by atoms with E-state index in [1.807, 2.05) is 0 Å². The summed E-state index contributed by atoms with van der Waals surface area (Å²) in [5.41, 5.74) is 0.852. The zero-order valence-corrected chi connectivity index (χ0v) is 7.71. The van der Waals surface area contributed by atoms with E-state index in [1.165, 1.54) is 0 Å². The molecule has 0 unspecified atom stereocenters. The summed E-state index contributed by atoms with van der Waals surface area (Å²) in [5.74, 6) is 0.514. The van der Waals surface area contributed by atoms with E-state index in [2.05, 4.69) is 15.4 Å². The molecular formula is C7H9ClN4O. The van der Waals surface area contributed by atoms with Gasteiger partial charge in [-0.05, 0) is 12.8 Å². The molecule has 0 aromatic carbocycles. The van der Waals surface area contributed by atoms with Gasteiger partial charge < -0.3 is 0 Å². The van der Waals surface area contributed by atoms with E-state index < -0.39 is 0 Å². The number of H-pyrrole nitrogens is 1. The maximum Gasteiger partial charge on any atom is 0.243 e. The summed E-state index contributed by atoms with van der Waals surface area (Å²) in [7, 11) is 0. The van der Waals surface area contributed by atoms with E-state index in [0.717, 1.165) is 18.5 Å². The molecule has 1 aliphatic rings. The number of nitrogens with zero attached hydrogens (tertiary/aromatic N) is 3. The summed E-state index contributed by atoms with van der Waals surface area (Å²) < 4.78 is 0. The van der Waals surface area contributed by atoms with Crippen LogP contribution in [0.2, 0.25) is 0 Å². The van der Waals surface area contributed by atoms with Gasteiger partial charge in [0.25, 0.3) is 0 Å². The molecule has 2 heterocycles. The number of aromatic amines is 1. The van der Waals surface area contributed by atoms with Crippen molar-refractivity contribution in [2.75, 3.05) is 17.3 Å². The highest BCUT2D eigenvalue weighted by Crippen LogP contribution is 2.21. The molecule has 1 aromatic heterocycles. The molecule has 2 rings (SSSR count). The van der Waals surface area contributed by atoms with Crippen molar-refractivity contribution >= 4 is 23.3 Å². The number of aryl methyl sites for hydroxylation is 1. The third-order valence-electron chi connectivity index (χ3n) is 2.07. The number of fused-ring (bicyclic) bond motifs is 1. The van der Waals surface area contributed by atoms with Crippen molar-refractivity contribution < 1.29 is 4.79 Å². The quantitative estimate of drug-likeness (QED) is 0.665. The van der Waals surface area contributed by atoms with Gasteiger partial charge >= 0.3 is 0 Å². The highest BCUT2D eigenvalue weighted by molar-refractivity contribution is 6.29. The molecule has 0 atom stereocenters. The van der Waals surface area contributed by atoms with Crippen LogP contribution in [0.15, 0.2) is 0 Å². The monoisotopic (exact) mass is 200 g/mol. The zero-order valence-electron chi connectivity index (χ0n) is 6.96. The van der Waals surface area contributed by atoms with E-state index in [4.69, 9.17) is 11.6 Å². The van der Waals surface area contributed by atoms with Crippen LogP contribution >= 0.6 is 11.6 Å². The van der Waals surface area contributed by atoms with Gasteiger partial charge in [0.1, 0.15) is 11.6 Å². The number of anilines is 1. The summed E-state index contributed by atoms with van der Waals surface area (Å²) in [6.07, 6.45) is 1.79. The number of alkyl halides is 1. The number of aromatic nitrogens is 3. The lowest BCUT2D eigenvalue weighted by Crippen LogP contribution is -2.36. The highest BCUT2D eigenvalue weighted by atomic mass is 35.5. The fraction of sp³-hybridized carbons (Fsp3) is 0.571. The van der Waals surface area contributed by atoms with Crippen LogP contribution in [0.3, 0.4) is 0 Å². The largest absolute Gasteiger partial charge is 0.293 e. The van der Waals surface area contributed by atoms with Crippen LogP contribution in [-0.4, -0.2) is 33.7 Å². The summed E-state index contributed by atoms with van der Waals surface area (Å²) in [4.78, 5) is 12.9. The van der Waals surface area contributed by atoms with Crippen molar-refractivity contribution in [3.8, 4) is 0 Å². The van der Waals surface area contributed by atoms with Gasteiger partial charge in [-0.1, -0.05) is 0 Å². The number of amides is 1. The Morgan fingerprint density at radius 3 is 3.23 bits per heavy atom. The van der Waals surface area contributed by atoms with Gasteiger partial charge in [0.15, 0.2) is 5.82 Å². The lowest BCUT2D eigenvalue weighted by Gasteiger charge is -2.23. The molecule has 1 aliphatic heterocycles. The van der Waals surface area contributed by atoms with Crippen molar-refractivity contribution in [2.24, 2.45) is 0 Å². The van der Waals surface area contributed by atoms with Crippen molar-refractivity contribution in [1.82, 2.24) is 15.4 Å². The number of halogens is 1. The molecule has 13 heavy (non-hydrogen) atoms. The van der Waals surface area contributed by atoms with E-state index in [9.17, 15) is 4.79 Å². The lowest BCUT2D eigenvalue weighted by atomic mass is 10.1. The summed E-state index contributed by atoms with van der Waals surface area (Å²) in [6, 6.07) is 0. The number of carbonyl (C=O) groups is 1. The second-order valence-corrected chi connectivity index (χ2v) is 3.14. The Kier molecular flexibility index (Phi) is 2.18. The molecule has 0 fully saturated rings. The van der Waals surface area contributed by atoms with Gasteiger partial charge in [-0.3, -0.25) is 9.69 Å². The minimum absolute atomic E-state index is 0.00764. The fourth-order valence-electron chi connectivity index (χ4n) is 1.46. The number of hydrogen-bond acceptors (Lipinski definition) is 3. The van der Waals surface area contributed by atoms with Crippen LogP contribution in [0.1, 0.15) is 12.1 Å². The van der Waals surface area contributed by atoms with Crippen LogP contribution < -0.4 is 4.90 Å². The molecule has 0 radical (unpaired) electrons. The molecule has 70 valence electrons. The summed E-state index contributed by atoms with van der Waals surface area (Å²) >= 11 is 5.47. The van der Waals surface area contributed by atoms with Crippen molar-refractivity contribution in [3.05, 3.63) is 5.69 Å². The molecule has 0 spiro atoms. The van der Waals surface area contributed by atoms with E-state index in [-0.39, 0.29) is 11.8 Å². The first-order chi connectivity index (χ1) is 6.33. The third kappa shape index (κ3) is 1.39. The Bertz CT molecular complexity index is 324. The van der Waals surface area contributed by atoms with Gasteiger partial charge in [0.2, 0.25) is 5.91 Å². The normalized spacial score (nSPS) is 15.6. The topological polar surface area (TPSA) is 61.9 Å². The molecule has 0 saturated carbocycles. The first kappa shape index (κ1) is 8.50. The Hall–Kier alpha value is -1.10. The Morgan fingerprint density at radius 1 is 1.62 bits per heavy atom. The van der Waals surface area contributed by atoms with Gasteiger partial charge in [-0.25, -0.2) is 0 Å². The molecule has 0 bridgehead atoms. The molecule has 5 nitrogen and oxygen atoms in total. The van der Waals surface area contributed by atoms with Gasteiger partial charge in [0.05, 0.1) is 0 Å². The molecule has 1 aromatic rings. The van der Waals surface area contributed by atoms with Gasteiger partial charge in [0, 0.05) is 6.54 Å². The third-order valence-corrected chi connectivity index (χ3v) is 2.29. The van der Waals surface area contributed by atoms with Crippen LogP contribution in [0.4, 0.5) is 5.82 Å². The van der Waals surface area contributed by atoms with Crippen LogP contribution in [-0.2, 0) is 11.2 Å². The average Bonchev–Trinajstić information content (AvgIpc) is 2.63. The van der Waals surface area contributed by atoms with Crippen molar-refractivity contribution in [2.45, 2.75) is 12.8 Å². The van der Waals surface area contributed by atoms with Crippen LogP contribution in [0, 0.1) is 0 Å². The smallest absolute Gasteiger partial charge is 0.243 e. The standard InChI is InChI=1S/C7H9ClN4O/c8-4-6(13)12-3-1-2-5-7(12)10-11-9-5/h1-4H2,(H,9,10,11). The first-order valence-corrected chi connectivity index (χ1v) is 4.62. The van der Waals surface area contributed by atoms with Crippen molar-refractivity contribution in [3.63, 3.8) is 0 Å². The maximum absolute atomic E-state index is 11.3. The van der Waals surface area contributed by atoms with Gasteiger partial charge in [-0.2, -0.15) is 10.3 Å². The second kappa shape index (κ2) is 3.33. The molecule has 0 saturated heterocycles. The number of rotatable bonds is 1. The predicted octanol–water partition coefficient (Wildman–Crippen LogP) is 0.323.